The van der Waals surface area contributed by atoms with Crippen molar-refractivity contribution in [1.82, 2.24) is 0 Å². The van der Waals surface area contributed by atoms with Crippen LogP contribution in [0.2, 0.25) is 0 Å². The summed E-state index contributed by atoms with van der Waals surface area (Å²) in [5, 5.41) is 0. The van der Waals surface area contributed by atoms with E-state index in [-0.39, 0.29) is 12.6 Å². The van der Waals surface area contributed by atoms with Gasteiger partial charge in [0.25, 0.3) is 0 Å². The fourth-order valence-corrected chi connectivity index (χ4v) is 3.22. The summed E-state index contributed by atoms with van der Waals surface area (Å²) in [5.41, 5.74) is 1.40. The third-order valence-electron chi connectivity index (χ3n) is 4.38. The van der Waals surface area contributed by atoms with Gasteiger partial charge in [-0.3, -0.25) is 4.79 Å². The minimum absolute atomic E-state index is 0.171. The molecular formula is C19H19BrO4. The van der Waals surface area contributed by atoms with Gasteiger partial charge in [-0.15, -0.1) is 0 Å². The molecule has 0 spiro atoms. The van der Waals surface area contributed by atoms with E-state index in [1.54, 1.807) is 14.2 Å². The first-order valence-electron chi connectivity index (χ1n) is 7.74. The Labute approximate surface area is 149 Å². The first-order valence-corrected chi connectivity index (χ1v) is 8.53. The first-order chi connectivity index (χ1) is 11.6. The highest BCUT2D eigenvalue weighted by atomic mass is 79.9. The maximum atomic E-state index is 12.6. The van der Waals surface area contributed by atoms with E-state index in [1.165, 1.54) is 0 Å². The van der Waals surface area contributed by atoms with Gasteiger partial charge >= 0.3 is 5.97 Å². The highest BCUT2D eigenvalue weighted by Gasteiger charge is 2.52. The molecule has 4 nitrogen and oxygen atoms in total. The van der Waals surface area contributed by atoms with Crippen molar-refractivity contribution in [3.05, 3.63) is 58.1 Å². The maximum Gasteiger partial charge on any atom is 0.316 e. The largest absolute Gasteiger partial charge is 0.493 e. The molecular weight excluding hydrogens is 372 g/mol. The van der Waals surface area contributed by atoms with E-state index in [9.17, 15) is 4.79 Å². The molecule has 126 valence electrons. The molecule has 0 bridgehead atoms. The van der Waals surface area contributed by atoms with Crippen LogP contribution in [0.1, 0.15) is 24.0 Å². The number of hydrogen-bond donors (Lipinski definition) is 0. The van der Waals surface area contributed by atoms with Crippen LogP contribution in [0.25, 0.3) is 0 Å². The Kier molecular flexibility index (Phi) is 4.81. The normalized spacial score (nSPS) is 14.8. The van der Waals surface area contributed by atoms with Crippen LogP contribution in [0.4, 0.5) is 0 Å². The second-order valence-electron chi connectivity index (χ2n) is 5.82. The van der Waals surface area contributed by atoms with Crippen molar-refractivity contribution < 1.29 is 19.0 Å². The van der Waals surface area contributed by atoms with Gasteiger partial charge in [-0.1, -0.05) is 46.3 Å². The number of hydrogen-bond acceptors (Lipinski definition) is 4. The minimum Gasteiger partial charge on any atom is -0.493 e. The number of benzene rings is 2. The maximum absolute atomic E-state index is 12.6. The summed E-state index contributed by atoms with van der Waals surface area (Å²) < 4.78 is 17.0. The molecule has 1 saturated carbocycles. The summed E-state index contributed by atoms with van der Waals surface area (Å²) in [6, 6.07) is 13.5. The van der Waals surface area contributed by atoms with Crippen LogP contribution in [0.3, 0.4) is 0 Å². The topological polar surface area (TPSA) is 44.8 Å². The number of esters is 1. The zero-order valence-electron chi connectivity index (χ0n) is 13.7. The zero-order valence-corrected chi connectivity index (χ0v) is 15.3. The lowest BCUT2D eigenvalue weighted by atomic mass is 9.96. The Morgan fingerprint density at radius 2 is 1.71 bits per heavy atom. The molecule has 24 heavy (non-hydrogen) atoms. The molecule has 3 rings (SSSR count). The van der Waals surface area contributed by atoms with Gasteiger partial charge in [0.15, 0.2) is 11.5 Å². The van der Waals surface area contributed by atoms with E-state index in [0.717, 1.165) is 28.4 Å². The van der Waals surface area contributed by atoms with E-state index < -0.39 is 5.41 Å². The average Bonchev–Trinajstić information content (AvgIpc) is 3.43. The van der Waals surface area contributed by atoms with Crippen molar-refractivity contribution in [2.24, 2.45) is 0 Å². The predicted molar refractivity (Wildman–Crippen MR) is 94.4 cm³/mol. The number of carbonyl (C=O) groups excluding carboxylic acids is 1. The molecule has 0 aliphatic heterocycles. The van der Waals surface area contributed by atoms with Gasteiger partial charge < -0.3 is 14.2 Å². The zero-order chi connectivity index (χ0) is 17.2. The molecule has 0 aromatic heterocycles. The molecule has 0 saturated heterocycles. The van der Waals surface area contributed by atoms with Gasteiger partial charge in [0.1, 0.15) is 6.61 Å². The van der Waals surface area contributed by atoms with Gasteiger partial charge in [-0.2, -0.15) is 0 Å². The number of carbonyl (C=O) groups is 1. The molecule has 2 aromatic rings. The van der Waals surface area contributed by atoms with Gasteiger partial charge in [0, 0.05) is 10.0 Å². The van der Waals surface area contributed by atoms with Crippen LogP contribution in [0.15, 0.2) is 46.9 Å². The van der Waals surface area contributed by atoms with Gasteiger partial charge in [0.2, 0.25) is 0 Å². The van der Waals surface area contributed by atoms with Crippen LogP contribution in [0, 0.1) is 0 Å². The average molecular weight is 391 g/mol. The molecule has 1 aliphatic carbocycles. The lowest BCUT2D eigenvalue weighted by Gasteiger charge is -2.16. The molecule has 0 heterocycles. The van der Waals surface area contributed by atoms with Crippen molar-refractivity contribution >= 4 is 21.9 Å². The Balaban J connectivity index is 1.73. The van der Waals surface area contributed by atoms with Crippen molar-refractivity contribution in [1.29, 1.82) is 0 Å². The molecule has 1 aliphatic rings. The number of rotatable bonds is 6. The second-order valence-corrected chi connectivity index (χ2v) is 6.68. The number of methoxy groups -OCH3 is 2. The van der Waals surface area contributed by atoms with Crippen molar-refractivity contribution in [3.63, 3.8) is 0 Å². The molecule has 0 radical (unpaired) electrons. The SMILES string of the molecule is COc1cc(Br)c(COC(=O)C2(c3ccccc3)CC2)cc1OC. The van der Waals surface area contributed by atoms with Crippen LogP contribution in [-0.4, -0.2) is 20.2 Å². The summed E-state index contributed by atoms with van der Waals surface area (Å²) in [6.45, 7) is 0.189. The van der Waals surface area contributed by atoms with E-state index in [1.807, 2.05) is 42.5 Å². The summed E-state index contributed by atoms with van der Waals surface area (Å²) in [4.78, 5) is 12.6. The molecule has 0 unspecified atom stereocenters. The van der Waals surface area contributed by atoms with Crippen LogP contribution >= 0.6 is 15.9 Å². The van der Waals surface area contributed by atoms with Crippen molar-refractivity contribution in [3.8, 4) is 11.5 Å². The monoisotopic (exact) mass is 390 g/mol. The Morgan fingerprint density at radius 1 is 1.08 bits per heavy atom. The van der Waals surface area contributed by atoms with E-state index in [2.05, 4.69) is 15.9 Å². The fraction of sp³-hybridized carbons (Fsp3) is 0.316. The van der Waals surface area contributed by atoms with Crippen molar-refractivity contribution in [2.75, 3.05) is 14.2 Å². The number of ether oxygens (including phenoxy) is 3. The summed E-state index contributed by atoms with van der Waals surface area (Å²) in [6.07, 6.45) is 1.67. The molecule has 5 heteroatoms. The smallest absolute Gasteiger partial charge is 0.316 e. The van der Waals surface area contributed by atoms with E-state index >= 15 is 0 Å². The minimum atomic E-state index is -0.468. The first kappa shape index (κ1) is 16.8. The molecule has 0 atom stereocenters. The Hall–Kier alpha value is -2.01. The highest BCUT2D eigenvalue weighted by Crippen LogP contribution is 2.49. The lowest BCUT2D eigenvalue weighted by Crippen LogP contribution is -2.23. The lowest BCUT2D eigenvalue weighted by molar-refractivity contribution is -0.148. The predicted octanol–water partition coefficient (Wildman–Crippen LogP) is 4.24. The van der Waals surface area contributed by atoms with Crippen LogP contribution < -0.4 is 9.47 Å². The van der Waals surface area contributed by atoms with Gasteiger partial charge in [-0.05, 0) is 30.5 Å². The van der Waals surface area contributed by atoms with Crippen LogP contribution in [0.5, 0.6) is 11.5 Å². The summed E-state index contributed by atoms with van der Waals surface area (Å²) in [5.74, 6) is 1.06. The Morgan fingerprint density at radius 3 is 2.29 bits per heavy atom. The summed E-state index contributed by atoms with van der Waals surface area (Å²) in [7, 11) is 3.16. The second kappa shape index (κ2) is 6.85. The Bertz CT molecular complexity index is 739. The van der Waals surface area contributed by atoms with E-state index in [0.29, 0.717) is 11.5 Å². The third kappa shape index (κ3) is 3.13. The van der Waals surface area contributed by atoms with Gasteiger partial charge in [-0.25, -0.2) is 0 Å². The van der Waals surface area contributed by atoms with Crippen LogP contribution in [-0.2, 0) is 21.6 Å². The van der Waals surface area contributed by atoms with Crippen molar-refractivity contribution in [2.45, 2.75) is 24.9 Å². The molecule has 0 N–H and O–H groups in total. The fourth-order valence-electron chi connectivity index (χ4n) is 2.78. The third-order valence-corrected chi connectivity index (χ3v) is 5.12. The molecule has 0 amide bonds. The quantitative estimate of drug-likeness (QED) is 0.691. The van der Waals surface area contributed by atoms with Gasteiger partial charge in [0.05, 0.1) is 19.6 Å². The van der Waals surface area contributed by atoms with E-state index in [4.69, 9.17) is 14.2 Å². The number of halogens is 1. The summed E-state index contributed by atoms with van der Waals surface area (Å²) >= 11 is 3.49. The molecule has 1 fully saturated rings. The highest BCUT2D eigenvalue weighted by molar-refractivity contribution is 9.10. The molecule has 2 aromatic carbocycles. The standard InChI is InChI=1S/C19H19BrO4/c1-22-16-10-13(15(20)11-17(16)23-2)12-24-18(21)19(8-9-19)14-6-4-3-5-7-14/h3-7,10-11H,8-9,12H2,1-2H3.